The highest BCUT2D eigenvalue weighted by atomic mass is 32.2. The molecule has 1 aliphatic carbocycles. The van der Waals surface area contributed by atoms with Crippen LogP contribution in [0.2, 0.25) is 0 Å². The first-order valence-corrected chi connectivity index (χ1v) is 12.4. The van der Waals surface area contributed by atoms with Gasteiger partial charge in [-0.1, -0.05) is 6.07 Å². The molecule has 1 fully saturated rings. The Morgan fingerprint density at radius 1 is 1.19 bits per heavy atom. The van der Waals surface area contributed by atoms with Gasteiger partial charge in [-0.15, -0.1) is 10.2 Å². The lowest BCUT2D eigenvalue weighted by Gasteiger charge is -2.17. The number of nitrogens with one attached hydrogen (secondary N) is 2. The number of ether oxygens (including phenoxy) is 1. The van der Waals surface area contributed by atoms with Crippen molar-refractivity contribution in [2.24, 2.45) is 0 Å². The number of rotatable bonds is 6. The highest BCUT2D eigenvalue weighted by Gasteiger charge is 2.47. The topological polar surface area (TPSA) is 118 Å². The van der Waals surface area contributed by atoms with E-state index in [1.54, 1.807) is 0 Å². The van der Waals surface area contributed by atoms with Crippen molar-refractivity contribution >= 4 is 21.3 Å². The minimum absolute atomic E-state index is 0.0153. The van der Waals surface area contributed by atoms with Gasteiger partial charge in [-0.3, -0.25) is 4.79 Å². The molecule has 1 amide bonds. The second-order valence-corrected chi connectivity index (χ2v) is 10.5. The van der Waals surface area contributed by atoms with Gasteiger partial charge in [0.2, 0.25) is 5.75 Å². The SMILES string of the molecule is Cc1c(C(F)(F)F)nnc(Oc2c(F)cc(C3(F)CC3)nc2F)c1C(=O)Nc1cccc(S(C)(=N)=O)c1. The van der Waals surface area contributed by atoms with Gasteiger partial charge in [-0.2, -0.15) is 17.6 Å². The lowest BCUT2D eigenvalue weighted by atomic mass is 10.1. The van der Waals surface area contributed by atoms with Crippen LogP contribution in [0.5, 0.6) is 11.6 Å². The molecular formula is C22H17F6N5O3S. The molecule has 0 radical (unpaired) electrons. The number of halogens is 6. The maximum Gasteiger partial charge on any atom is 0.435 e. The van der Waals surface area contributed by atoms with Crippen molar-refractivity contribution in [3.63, 3.8) is 0 Å². The van der Waals surface area contributed by atoms with Crippen LogP contribution in [-0.4, -0.2) is 31.6 Å². The number of nitrogens with zero attached hydrogens (tertiary/aromatic N) is 3. The van der Waals surface area contributed by atoms with E-state index in [-0.39, 0.29) is 23.4 Å². The molecule has 3 aromatic rings. The van der Waals surface area contributed by atoms with Crippen molar-refractivity contribution in [2.45, 2.75) is 36.5 Å². The molecule has 1 aliphatic rings. The predicted octanol–water partition coefficient (Wildman–Crippen LogP) is 5.52. The van der Waals surface area contributed by atoms with E-state index in [0.717, 1.165) is 13.2 Å². The maximum atomic E-state index is 14.6. The third-order valence-electron chi connectivity index (χ3n) is 5.46. The number of carbonyl (C=O) groups excluding carboxylic acids is 1. The van der Waals surface area contributed by atoms with Gasteiger partial charge in [-0.05, 0) is 43.5 Å². The number of hydrogen-bond acceptors (Lipinski definition) is 7. The van der Waals surface area contributed by atoms with E-state index in [1.165, 1.54) is 24.3 Å². The first-order chi connectivity index (χ1) is 17.1. The van der Waals surface area contributed by atoms with Crippen LogP contribution in [0.25, 0.3) is 0 Å². The number of hydrogen-bond donors (Lipinski definition) is 2. The molecule has 1 atom stereocenters. The summed E-state index contributed by atoms with van der Waals surface area (Å²) in [5, 5.41) is 8.49. The van der Waals surface area contributed by atoms with E-state index in [2.05, 4.69) is 20.5 Å². The predicted molar refractivity (Wildman–Crippen MR) is 117 cm³/mol. The molecule has 4 rings (SSSR count). The largest absolute Gasteiger partial charge is 0.435 e. The van der Waals surface area contributed by atoms with Gasteiger partial charge in [0.25, 0.3) is 17.7 Å². The number of anilines is 1. The summed E-state index contributed by atoms with van der Waals surface area (Å²) in [6.07, 6.45) is -3.88. The average Bonchev–Trinajstić information content (AvgIpc) is 3.53. The minimum Gasteiger partial charge on any atom is -0.429 e. The Balaban J connectivity index is 1.77. The summed E-state index contributed by atoms with van der Waals surface area (Å²) in [5.41, 5.74) is -5.71. The average molecular weight is 545 g/mol. The fraction of sp³-hybridized carbons (Fsp3) is 0.273. The van der Waals surface area contributed by atoms with Crippen LogP contribution in [0, 0.1) is 23.5 Å². The van der Waals surface area contributed by atoms with Crippen LogP contribution in [0.3, 0.4) is 0 Å². The highest BCUT2D eigenvalue weighted by Crippen LogP contribution is 2.49. The van der Waals surface area contributed by atoms with Gasteiger partial charge in [0, 0.05) is 22.9 Å². The molecule has 2 heterocycles. The number of carbonyl (C=O) groups is 1. The zero-order valence-corrected chi connectivity index (χ0v) is 19.9. The third kappa shape index (κ3) is 5.35. The number of amides is 1. The van der Waals surface area contributed by atoms with Crippen molar-refractivity contribution < 1.29 is 40.1 Å². The molecule has 0 spiro atoms. The van der Waals surface area contributed by atoms with Crippen LogP contribution >= 0.6 is 0 Å². The fourth-order valence-corrected chi connectivity index (χ4v) is 4.06. The van der Waals surface area contributed by atoms with Crippen molar-refractivity contribution in [1.29, 1.82) is 4.78 Å². The van der Waals surface area contributed by atoms with Gasteiger partial charge >= 0.3 is 6.18 Å². The summed E-state index contributed by atoms with van der Waals surface area (Å²) in [5.74, 6) is -6.46. The van der Waals surface area contributed by atoms with E-state index < -0.39 is 73.4 Å². The molecule has 1 aromatic carbocycles. The smallest absolute Gasteiger partial charge is 0.429 e. The van der Waals surface area contributed by atoms with E-state index in [1.807, 2.05) is 0 Å². The summed E-state index contributed by atoms with van der Waals surface area (Å²) >= 11 is 0. The Hall–Kier alpha value is -3.75. The maximum absolute atomic E-state index is 14.6. The fourth-order valence-electron chi connectivity index (χ4n) is 3.37. The molecule has 1 unspecified atom stereocenters. The summed E-state index contributed by atoms with van der Waals surface area (Å²) in [7, 11) is -3.19. The van der Waals surface area contributed by atoms with Crippen LogP contribution in [0.15, 0.2) is 35.2 Å². The van der Waals surface area contributed by atoms with Crippen LogP contribution in [0.1, 0.15) is 40.2 Å². The van der Waals surface area contributed by atoms with Crippen LogP contribution in [0.4, 0.5) is 32.0 Å². The Labute approximate surface area is 206 Å². The van der Waals surface area contributed by atoms with Crippen molar-refractivity contribution in [2.75, 3.05) is 11.6 Å². The first kappa shape index (κ1) is 26.3. The van der Waals surface area contributed by atoms with Gasteiger partial charge in [-0.25, -0.2) is 22.8 Å². The molecule has 2 aromatic heterocycles. The Kier molecular flexibility index (Phi) is 6.38. The van der Waals surface area contributed by atoms with Gasteiger partial charge in [0.1, 0.15) is 5.56 Å². The lowest BCUT2D eigenvalue weighted by molar-refractivity contribution is -0.142. The van der Waals surface area contributed by atoms with Crippen molar-refractivity contribution in [1.82, 2.24) is 15.2 Å². The van der Waals surface area contributed by atoms with Crippen LogP contribution in [-0.2, 0) is 21.6 Å². The molecule has 15 heteroatoms. The molecule has 8 nitrogen and oxygen atoms in total. The molecule has 2 N–H and O–H groups in total. The van der Waals surface area contributed by atoms with Crippen LogP contribution < -0.4 is 10.1 Å². The number of aromatic nitrogens is 3. The Morgan fingerprint density at radius 3 is 2.43 bits per heavy atom. The van der Waals surface area contributed by atoms with Crippen molar-refractivity contribution in [3.05, 3.63) is 64.6 Å². The number of pyridine rings is 1. The monoisotopic (exact) mass is 545 g/mol. The zero-order chi connectivity index (χ0) is 27.3. The second-order valence-electron chi connectivity index (χ2n) is 8.35. The quantitative estimate of drug-likeness (QED) is 0.311. The third-order valence-corrected chi connectivity index (χ3v) is 6.61. The summed E-state index contributed by atoms with van der Waals surface area (Å²) in [6, 6.07) is 5.79. The second kappa shape index (κ2) is 8.97. The van der Waals surface area contributed by atoms with Crippen molar-refractivity contribution in [3.8, 4) is 11.6 Å². The van der Waals surface area contributed by atoms with E-state index in [4.69, 9.17) is 9.52 Å². The van der Waals surface area contributed by atoms with E-state index in [0.29, 0.717) is 6.07 Å². The molecule has 196 valence electrons. The minimum atomic E-state index is -5.04. The standard InChI is InChI=1S/C22H17F6N5O3S/c1-10-15(19(34)30-11-4-3-5-12(8-11)37(2,29)35)20(33-32-17(10)22(26,27)28)36-16-13(23)9-14(31-18(16)24)21(25)6-7-21/h3-5,8-9,29H,6-7H2,1-2H3,(H,30,34). The highest BCUT2D eigenvalue weighted by molar-refractivity contribution is 7.91. The zero-order valence-electron chi connectivity index (χ0n) is 19.0. The number of alkyl halides is 4. The number of benzene rings is 1. The summed E-state index contributed by atoms with van der Waals surface area (Å²) in [4.78, 5) is 16.4. The van der Waals surface area contributed by atoms with E-state index in [9.17, 15) is 35.3 Å². The normalized spacial score (nSPS) is 16.1. The van der Waals surface area contributed by atoms with E-state index >= 15 is 0 Å². The first-order valence-electron chi connectivity index (χ1n) is 10.4. The molecule has 0 bridgehead atoms. The Bertz CT molecular complexity index is 1500. The summed E-state index contributed by atoms with van der Waals surface area (Å²) in [6.45, 7) is 0.881. The lowest BCUT2D eigenvalue weighted by Crippen LogP contribution is -2.21. The molecule has 37 heavy (non-hydrogen) atoms. The molecular weight excluding hydrogens is 528 g/mol. The molecule has 1 saturated carbocycles. The summed E-state index contributed by atoms with van der Waals surface area (Å²) < 4.78 is 108. The van der Waals surface area contributed by atoms with Gasteiger partial charge in [0.15, 0.2) is 17.2 Å². The van der Waals surface area contributed by atoms with Gasteiger partial charge in [0.05, 0.1) is 15.4 Å². The Morgan fingerprint density at radius 2 is 1.86 bits per heavy atom. The van der Waals surface area contributed by atoms with Gasteiger partial charge < -0.3 is 10.1 Å². The molecule has 0 aliphatic heterocycles. The molecule has 0 saturated heterocycles.